The molecule has 0 fully saturated rings. The highest BCUT2D eigenvalue weighted by Gasteiger charge is 2.32. The van der Waals surface area contributed by atoms with Crippen LogP contribution in [-0.4, -0.2) is 6.36 Å². The minimum atomic E-state index is -4.74. The van der Waals surface area contributed by atoms with Gasteiger partial charge < -0.3 is 10.5 Å². The van der Waals surface area contributed by atoms with Gasteiger partial charge in [0.25, 0.3) is 0 Å². The maximum Gasteiger partial charge on any atom is 0.573 e. The third-order valence-corrected chi connectivity index (χ3v) is 2.00. The summed E-state index contributed by atoms with van der Waals surface area (Å²) in [5, 5.41) is -0.109. The standard InChI is InChI=1S/C9H9ClF3NO.ClH/c1-5(14)6-2-3-8(7(10)4-6)15-9(11,12)13;/h2-5H,14H2,1H3;1H/t5-;/m1./s1. The molecular weight excluding hydrogens is 266 g/mol. The Bertz CT molecular complexity index is 355. The van der Waals surface area contributed by atoms with E-state index < -0.39 is 12.1 Å². The predicted octanol–water partition coefficient (Wildman–Crippen LogP) is 3.68. The second kappa shape index (κ2) is 5.61. The molecule has 16 heavy (non-hydrogen) atoms. The monoisotopic (exact) mass is 275 g/mol. The highest BCUT2D eigenvalue weighted by atomic mass is 35.5. The molecule has 2 N–H and O–H groups in total. The van der Waals surface area contributed by atoms with Crippen LogP contribution in [0.4, 0.5) is 13.2 Å². The van der Waals surface area contributed by atoms with Gasteiger partial charge in [-0.15, -0.1) is 25.6 Å². The molecule has 0 aliphatic heterocycles. The van der Waals surface area contributed by atoms with Gasteiger partial charge in [-0.2, -0.15) is 0 Å². The molecule has 0 saturated carbocycles. The van der Waals surface area contributed by atoms with E-state index in [-0.39, 0.29) is 23.5 Å². The summed E-state index contributed by atoms with van der Waals surface area (Å²) in [6.45, 7) is 1.70. The number of alkyl halides is 3. The van der Waals surface area contributed by atoms with Gasteiger partial charge in [-0.1, -0.05) is 17.7 Å². The molecule has 0 bridgehead atoms. The lowest BCUT2D eigenvalue weighted by Crippen LogP contribution is -2.17. The Hall–Kier alpha value is -0.650. The van der Waals surface area contributed by atoms with Gasteiger partial charge in [0.05, 0.1) is 5.02 Å². The average molecular weight is 276 g/mol. The van der Waals surface area contributed by atoms with E-state index in [2.05, 4.69) is 4.74 Å². The zero-order valence-electron chi connectivity index (χ0n) is 8.22. The molecule has 1 aromatic rings. The van der Waals surface area contributed by atoms with Crippen molar-refractivity contribution in [1.29, 1.82) is 0 Å². The fraction of sp³-hybridized carbons (Fsp3) is 0.333. The summed E-state index contributed by atoms with van der Waals surface area (Å²) in [5.41, 5.74) is 6.19. The quantitative estimate of drug-likeness (QED) is 0.894. The average Bonchev–Trinajstić information content (AvgIpc) is 2.05. The van der Waals surface area contributed by atoms with Crippen molar-refractivity contribution in [3.8, 4) is 5.75 Å². The van der Waals surface area contributed by atoms with Gasteiger partial charge >= 0.3 is 6.36 Å². The van der Waals surface area contributed by atoms with E-state index in [1.807, 2.05) is 0 Å². The summed E-state index contributed by atoms with van der Waals surface area (Å²) < 4.78 is 39.3. The third-order valence-electron chi connectivity index (χ3n) is 1.71. The topological polar surface area (TPSA) is 35.2 Å². The predicted molar refractivity (Wildman–Crippen MR) is 58.0 cm³/mol. The fourth-order valence-electron chi connectivity index (χ4n) is 1.01. The lowest BCUT2D eigenvalue weighted by Gasteiger charge is -2.12. The summed E-state index contributed by atoms with van der Waals surface area (Å²) in [6.07, 6.45) is -4.74. The third kappa shape index (κ3) is 4.47. The molecule has 0 heterocycles. The van der Waals surface area contributed by atoms with Crippen LogP contribution in [0.5, 0.6) is 5.75 Å². The summed E-state index contributed by atoms with van der Waals surface area (Å²) in [7, 11) is 0. The van der Waals surface area contributed by atoms with E-state index in [9.17, 15) is 13.2 Å². The molecule has 0 aliphatic carbocycles. The van der Waals surface area contributed by atoms with Crippen LogP contribution < -0.4 is 10.5 Å². The molecule has 1 atom stereocenters. The number of rotatable bonds is 2. The maximum absolute atomic E-state index is 11.9. The first kappa shape index (κ1) is 15.3. The Morgan fingerprint density at radius 3 is 2.31 bits per heavy atom. The van der Waals surface area contributed by atoms with E-state index in [1.165, 1.54) is 12.1 Å². The molecular formula is C9H10Cl2F3NO. The van der Waals surface area contributed by atoms with Gasteiger partial charge in [-0.05, 0) is 24.6 Å². The van der Waals surface area contributed by atoms with Gasteiger partial charge in [0.2, 0.25) is 0 Å². The van der Waals surface area contributed by atoms with Gasteiger partial charge in [0, 0.05) is 6.04 Å². The second-order valence-corrected chi connectivity index (χ2v) is 3.43. The number of ether oxygens (including phenoxy) is 1. The Morgan fingerprint density at radius 1 is 1.38 bits per heavy atom. The zero-order chi connectivity index (χ0) is 11.6. The van der Waals surface area contributed by atoms with Crippen LogP contribution in [0.2, 0.25) is 5.02 Å². The first-order valence-corrected chi connectivity index (χ1v) is 4.48. The fourth-order valence-corrected chi connectivity index (χ4v) is 1.24. The zero-order valence-corrected chi connectivity index (χ0v) is 9.79. The molecule has 2 nitrogen and oxygen atoms in total. The molecule has 0 radical (unpaired) electrons. The number of hydrogen-bond acceptors (Lipinski definition) is 2. The molecule has 1 aromatic carbocycles. The molecule has 0 aliphatic rings. The lowest BCUT2D eigenvalue weighted by atomic mass is 10.1. The van der Waals surface area contributed by atoms with Gasteiger partial charge in [-0.3, -0.25) is 0 Å². The van der Waals surface area contributed by atoms with Crippen molar-refractivity contribution in [1.82, 2.24) is 0 Å². The molecule has 0 unspecified atom stereocenters. The largest absolute Gasteiger partial charge is 0.573 e. The van der Waals surface area contributed by atoms with Crippen molar-refractivity contribution in [3.63, 3.8) is 0 Å². The summed E-state index contributed by atoms with van der Waals surface area (Å²) >= 11 is 5.60. The Kier molecular flexibility index (Phi) is 5.38. The number of nitrogens with two attached hydrogens (primary N) is 1. The lowest BCUT2D eigenvalue weighted by molar-refractivity contribution is -0.274. The molecule has 92 valence electrons. The molecule has 1 rings (SSSR count). The van der Waals surface area contributed by atoms with E-state index in [4.69, 9.17) is 17.3 Å². The van der Waals surface area contributed by atoms with Crippen molar-refractivity contribution >= 4 is 24.0 Å². The molecule has 0 amide bonds. The molecule has 0 spiro atoms. The minimum absolute atomic E-state index is 0. The van der Waals surface area contributed by atoms with Crippen molar-refractivity contribution in [2.45, 2.75) is 19.3 Å². The van der Waals surface area contributed by atoms with Crippen LogP contribution in [0, 0.1) is 0 Å². The first-order chi connectivity index (χ1) is 6.79. The van der Waals surface area contributed by atoms with Gasteiger partial charge in [0.1, 0.15) is 5.75 Å². The van der Waals surface area contributed by atoms with E-state index >= 15 is 0 Å². The highest BCUT2D eigenvalue weighted by Crippen LogP contribution is 2.31. The van der Waals surface area contributed by atoms with Crippen molar-refractivity contribution in [2.24, 2.45) is 5.73 Å². The molecule has 7 heteroatoms. The second-order valence-electron chi connectivity index (χ2n) is 3.03. The first-order valence-electron chi connectivity index (χ1n) is 4.10. The summed E-state index contributed by atoms with van der Waals surface area (Å²) in [6, 6.07) is 3.65. The van der Waals surface area contributed by atoms with Crippen LogP contribution >= 0.6 is 24.0 Å². The highest BCUT2D eigenvalue weighted by molar-refractivity contribution is 6.32. The van der Waals surface area contributed by atoms with Crippen molar-refractivity contribution in [2.75, 3.05) is 0 Å². The van der Waals surface area contributed by atoms with Crippen LogP contribution in [0.3, 0.4) is 0 Å². The maximum atomic E-state index is 11.9. The number of benzene rings is 1. The van der Waals surface area contributed by atoms with E-state index in [0.29, 0.717) is 5.56 Å². The van der Waals surface area contributed by atoms with Crippen LogP contribution in [0.1, 0.15) is 18.5 Å². The number of halogens is 5. The normalized spacial score (nSPS) is 12.9. The summed E-state index contributed by atoms with van der Waals surface area (Å²) in [4.78, 5) is 0. The minimum Gasteiger partial charge on any atom is -0.404 e. The Morgan fingerprint density at radius 2 is 1.94 bits per heavy atom. The van der Waals surface area contributed by atoms with Crippen LogP contribution in [0.15, 0.2) is 18.2 Å². The smallest absolute Gasteiger partial charge is 0.404 e. The molecule has 0 saturated heterocycles. The number of hydrogen-bond donors (Lipinski definition) is 1. The van der Waals surface area contributed by atoms with Crippen LogP contribution in [-0.2, 0) is 0 Å². The summed E-state index contributed by atoms with van der Waals surface area (Å²) in [5.74, 6) is -0.423. The van der Waals surface area contributed by atoms with E-state index in [0.717, 1.165) is 6.07 Å². The molecule has 0 aromatic heterocycles. The van der Waals surface area contributed by atoms with Gasteiger partial charge in [-0.25, -0.2) is 0 Å². The van der Waals surface area contributed by atoms with Crippen molar-refractivity contribution in [3.05, 3.63) is 28.8 Å². The van der Waals surface area contributed by atoms with Gasteiger partial charge in [0.15, 0.2) is 0 Å². The van der Waals surface area contributed by atoms with Crippen molar-refractivity contribution < 1.29 is 17.9 Å². The Labute approximate surface area is 102 Å². The SMILES string of the molecule is C[C@@H](N)c1ccc(OC(F)(F)F)c(Cl)c1.Cl. The van der Waals surface area contributed by atoms with Crippen LogP contribution in [0.25, 0.3) is 0 Å². The Balaban J connectivity index is 0.00000225. The van der Waals surface area contributed by atoms with E-state index in [1.54, 1.807) is 6.92 Å².